The summed E-state index contributed by atoms with van der Waals surface area (Å²) in [6, 6.07) is 3.72. The summed E-state index contributed by atoms with van der Waals surface area (Å²) in [5.41, 5.74) is 0.820. The van der Waals surface area contributed by atoms with Crippen LogP contribution in [0.3, 0.4) is 0 Å². The van der Waals surface area contributed by atoms with E-state index in [0.717, 1.165) is 5.69 Å². The third kappa shape index (κ3) is 3.47. The topological polar surface area (TPSA) is 91.8 Å². The number of anilines is 3. The fourth-order valence-electron chi connectivity index (χ4n) is 1.35. The third-order valence-electron chi connectivity index (χ3n) is 2.30. The molecule has 0 saturated carbocycles. The van der Waals surface area contributed by atoms with Gasteiger partial charge < -0.3 is 15.5 Å². The Kier molecular flexibility index (Phi) is 4.01. The van der Waals surface area contributed by atoms with Gasteiger partial charge in [-0.25, -0.2) is 0 Å². The lowest BCUT2D eigenvalue weighted by atomic mass is 10.4. The van der Waals surface area contributed by atoms with Crippen molar-refractivity contribution in [3.8, 4) is 0 Å². The molecule has 8 heteroatoms. The summed E-state index contributed by atoms with van der Waals surface area (Å²) >= 11 is 0. The van der Waals surface area contributed by atoms with Crippen molar-refractivity contribution in [2.75, 3.05) is 36.7 Å². The first-order chi connectivity index (χ1) is 9.19. The Bertz CT molecular complexity index is 527. The fraction of sp³-hybridized carbons (Fsp3) is 0.364. The molecule has 0 radical (unpaired) electrons. The van der Waals surface area contributed by atoms with Crippen LogP contribution in [0.5, 0.6) is 0 Å². The van der Waals surface area contributed by atoms with Gasteiger partial charge in [-0.1, -0.05) is 0 Å². The van der Waals surface area contributed by atoms with E-state index < -0.39 is 0 Å². The monoisotopic (exact) mass is 260 g/mol. The smallest absolute Gasteiger partial charge is 0.231 e. The van der Waals surface area contributed by atoms with E-state index in [4.69, 9.17) is 0 Å². The van der Waals surface area contributed by atoms with Crippen molar-refractivity contribution in [1.82, 2.24) is 25.1 Å². The van der Waals surface area contributed by atoms with Gasteiger partial charge in [0.15, 0.2) is 0 Å². The van der Waals surface area contributed by atoms with Crippen LogP contribution in [0.15, 0.2) is 18.3 Å². The van der Waals surface area contributed by atoms with Crippen LogP contribution in [0.1, 0.15) is 5.69 Å². The molecule has 0 amide bonds. The summed E-state index contributed by atoms with van der Waals surface area (Å²) in [6.07, 6.45) is 1.63. The maximum absolute atomic E-state index is 4.30. The number of rotatable bonds is 5. The van der Waals surface area contributed by atoms with Crippen LogP contribution in [-0.2, 0) is 6.54 Å². The molecule has 0 aromatic carbocycles. The summed E-state index contributed by atoms with van der Waals surface area (Å²) in [5.74, 6) is 1.59. The molecule has 8 nitrogen and oxygen atoms in total. The normalized spacial score (nSPS) is 10.1. The highest BCUT2D eigenvalue weighted by Crippen LogP contribution is 2.11. The standard InChI is InChI=1S/C11H16N8/c1-12-9-15-10(17-11(16-9)19(2)3)13-7-8-5-4-6-14-18-8/h4-6H,7H2,1-3H3,(H2,12,13,15,16,17). The van der Waals surface area contributed by atoms with Crippen LogP contribution in [-0.4, -0.2) is 46.3 Å². The van der Waals surface area contributed by atoms with Crippen LogP contribution < -0.4 is 15.5 Å². The number of hydrogen-bond acceptors (Lipinski definition) is 8. The van der Waals surface area contributed by atoms with Crippen LogP contribution in [0, 0.1) is 0 Å². The van der Waals surface area contributed by atoms with E-state index in [2.05, 4.69) is 35.8 Å². The van der Waals surface area contributed by atoms with Gasteiger partial charge in [0.1, 0.15) is 0 Å². The zero-order chi connectivity index (χ0) is 13.7. The molecule has 2 heterocycles. The molecule has 0 fully saturated rings. The Morgan fingerprint density at radius 1 is 1.16 bits per heavy atom. The van der Waals surface area contributed by atoms with E-state index in [-0.39, 0.29) is 0 Å². The lowest BCUT2D eigenvalue weighted by molar-refractivity contribution is 0.899. The molecule has 0 unspecified atom stereocenters. The van der Waals surface area contributed by atoms with E-state index in [1.165, 1.54) is 0 Å². The Morgan fingerprint density at radius 3 is 2.58 bits per heavy atom. The molecule has 100 valence electrons. The maximum atomic E-state index is 4.30. The van der Waals surface area contributed by atoms with Crippen LogP contribution in [0.25, 0.3) is 0 Å². The zero-order valence-electron chi connectivity index (χ0n) is 11.1. The predicted octanol–water partition coefficient (Wildman–Crippen LogP) is 0.381. The van der Waals surface area contributed by atoms with Crippen molar-refractivity contribution in [3.63, 3.8) is 0 Å². The molecule has 2 aromatic heterocycles. The SMILES string of the molecule is CNc1nc(NCc2cccnn2)nc(N(C)C)n1. The summed E-state index contributed by atoms with van der Waals surface area (Å²) in [5, 5.41) is 13.8. The van der Waals surface area contributed by atoms with Crippen LogP contribution in [0.2, 0.25) is 0 Å². The van der Waals surface area contributed by atoms with E-state index in [1.54, 1.807) is 13.2 Å². The van der Waals surface area contributed by atoms with Crippen molar-refractivity contribution in [2.24, 2.45) is 0 Å². The first kappa shape index (κ1) is 12.9. The van der Waals surface area contributed by atoms with Gasteiger partial charge in [-0.15, -0.1) is 0 Å². The number of nitrogens with one attached hydrogen (secondary N) is 2. The summed E-state index contributed by atoms with van der Waals surface area (Å²) in [4.78, 5) is 14.6. The lowest BCUT2D eigenvalue weighted by Gasteiger charge is -2.13. The van der Waals surface area contributed by atoms with Gasteiger partial charge in [0, 0.05) is 27.3 Å². The first-order valence-corrected chi connectivity index (χ1v) is 5.80. The Morgan fingerprint density at radius 2 is 1.95 bits per heavy atom. The lowest BCUT2D eigenvalue weighted by Crippen LogP contribution is -2.16. The van der Waals surface area contributed by atoms with Gasteiger partial charge in [0.25, 0.3) is 0 Å². The molecule has 0 aliphatic carbocycles. The van der Waals surface area contributed by atoms with Crippen molar-refractivity contribution in [2.45, 2.75) is 6.54 Å². The minimum absolute atomic E-state index is 0.494. The van der Waals surface area contributed by atoms with Crippen molar-refractivity contribution in [3.05, 3.63) is 24.0 Å². The van der Waals surface area contributed by atoms with Gasteiger partial charge in [-0.3, -0.25) is 0 Å². The van der Waals surface area contributed by atoms with Crippen molar-refractivity contribution >= 4 is 17.8 Å². The van der Waals surface area contributed by atoms with Gasteiger partial charge in [0.2, 0.25) is 17.8 Å². The minimum atomic E-state index is 0.494. The molecule has 0 saturated heterocycles. The molecule has 0 bridgehead atoms. The van der Waals surface area contributed by atoms with E-state index >= 15 is 0 Å². The second kappa shape index (κ2) is 5.89. The highest BCUT2D eigenvalue weighted by atomic mass is 15.3. The van der Waals surface area contributed by atoms with E-state index in [1.807, 2.05) is 31.1 Å². The largest absolute Gasteiger partial charge is 0.357 e. The van der Waals surface area contributed by atoms with Gasteiger partial charge in [-0.2, -0.15) is 25.1 Å². The molecular formula is C11H16N8. The number of hydrogen-bond donors (Lipinski definition) is 2. The van der Waals surface area contributed by atoms with Crippen molar-refractivity contribution < 1.29 is 0 Å². The van der Waals surface area contributed by atoms with Gasteiger partial charge in [0.05, 0.1) is 12.2 Å². The molecule has 0 aliphatic heterocycles. The van der Waals surface area contributed by atoms with Gasteiger partial charge in [-0.05, 0) is 12.1 Å². The highest BCUT2D eigenvalue weighted by Gasteiger charge is 2.07. The molecule has 2 N–H and O–H groups in total. The predicted molar refractivity (Wildman–Crippen MR) is 73.1 cm³/mol. The number of aromatic nitrogens is 5. The summed E-state index contributed by atoms with van der Waals surface area (Å²) in [7, 11) is 5.52. The Labute approximate surface area is 111 Å². The van der Waals surface area contributed by atoms with Crippen LogP contribution >= 0.6 is 0 Å². The second-order valence-corrected chi connectivity index (χ2v) is 4.00. The minimum Gasteiger partial charge on any atom is -0.357 e. The molecule has 0 atom stereocenters. The highest BCUT2D eigenvalue weighted by molar-refractivity contribution is 5.42. The molecule has 19 heavy (non-hydrogen) atoms. The molecule has 0 spiro atoms. The average Bonchev–Trinajstić information content (AvgIpc) is 2.45. The quantitative estimate of drug-likeness (QED) is 0.797. The maximum Gasteiger partial charge on any atom is 0.231 e. The van der Waals surface area contributed by atoms with E-state index in [0.29, 0.717) is 24.4 Å². The molecule has 2 rings (SSSR count). The molecular weight excluding hydrogens is 244 g/mol. The second-order valence-electron chi connectivity index (χ2n) is 4.00. The average molecular weight is 260 g/mol. The fourth-order valence-corrected chi connectivity index (χ4v) is 1.35. The Hall–Kier alpha value is -2.51. The summed E-state index contributed by atoms with van der Waals surface area (Å²) in [6.45, 7) is 0.508. The van der Waals surface area contributed by atoms with Crippen LogP contribution in [0.4, 0.5) is 17.8 Å². The van der Waals surface area contributed by atoms with Crippen molar-refractivity contribution in [1.29, 1.82) is 0 Å². The molecule has 0 aliphatic rings. The van der Waals surface area contributed by atoms with Gasteiger partial charge >= 0.3 is 0 Å². The molecule has 2 aromatic rings. The van der Waals surface area contributed by atoms with E-state index in [9.17, 15) is 0 Å². The first-order valence-electron chi connectivity index (χ1n) is 5.80. The third-order valence-corrected chi connectivity index (χ3v) is 2.30. The zero-order valence-corrected chi connectivity index (χ0v) is 11.1. The summed E-state index contributed by atoms with van der Waals surface area (Å²) < 4.78 is 0. The number of nitrogens with zero attached hydrogens (tertiary/aromatic N) is 6. The Balaban J connectivity index is 2.13.